The van der Waals surface area contributed by atoms with Crippen LogP contribution < -0.4 is 5.32 Å². The fourth-order valence-electron chi connectivity index (χ4n) is 1.12. The molecule has 0 fully saturated rings. The molecule has 1 aromatic rings. The summed E-state index contributed by atoms with van der Waals surface area (Å²) in [5.74, 6) is -5.50. The van der Waals surface area contributed by atoms with Crippen LogP contribution in [0.5, 0.6) is 0 Å². The van der Waals surface area contributed by atoms with Crippen LogP contribution in [0.1, 0.15) is 0 Å². The molecule has 0 atom stereocenters. The van der Waals surface area contributed by atoms with Gasteiger partial charge in [0.1, 0.15) is 11.5 Å². The van der Waals surface area contributed by atoms with Crippen molar-refractivity contribution < 1.29 is 26.9 Å². The molecule has 10 heteroatoms. The van der Waals surface area contributed by atoms with Gasteiger partial charge in [0.05, 0.1) is 16.5 Å². The summed E-state index contributed by atoms with van der Waals surface area (Å²) < 4.78 is 62.2. The lowest BCUT2D eigenvalue weighted by Gasteiger charge is -2.16. The molecule has 0 aliphatic heterocycles. The second kappa shape index (κ2) is 5.55. The zero-order valence-electron chi connectivity index (χ0n) is 8.97. The lowest BCUT2D eigenvalue weighted by Crippen LogP contribution is -2.35. The summed E-state index contributed by atoms with van der Waals surface area (Å²) in [6.07, 6.45) is -3.95. The minimum Gasteiger partial charge on any atom is -0.373 e. The van der Waals surface area contributed by atoms with E-state index in [1.54, 1.807) is 5.32 Å². The van der Waals surface area contributed by atoms with E-state index in [2.05, 4.69) is 0 Å². The number of benzene rings is 1. The molecule has 0 saturated heterocycles. The average molecular weight is 305 g/mol. The van der Waals surface area contributed by atoms with Gasteiger partial charge in [0.15, 0.2) is 0 Å². The van der Waals surface area contributed by atoms with E-state index in [0.29, 0.717) is 12.1 Å². The topological polar surface area (TPSA) is 55.2 Å². The number of anilines is 1. The van der Waals surface area contributed by atoms with Crippen molar-refractivity contribution in [2.75, 3.05) is 11.9 Å². The van der Waals surface area contributed by atoms with E-state index in [0.717, 1.165) is 0 Å². The minimum atomic E-state index is -4.40. The monoisotopic (exact) mass is 304 g/mol. The van der Waals surface area contributed by atoms with E-state index in [1.165, 1.54) is 0 Å². The van der Waals surface area contributed by atoms with Gasteiger partial charge in [0, 0.05) is 12.1 Å². The number of nitro benzene ring substituents is 1. The Labute approximate surface area is 108 Å². The number of rotatable bonds is 5. The molecule has 0 aliphatic rings. The molecule has 0 saturated carbocycles. The Morgan fingerprint density at radius 2 is 2.00 bits per heavy atom. The van der Waals surface area contributed by atoms with Crippen LogP contribution in [0.25, 0.3) is 0 Å². The summed E-state index contributed by atoms with van der Waals surface area (Å²) >= 11 is 5.30. The molecule has 1 aromatic carbocycles. The number of halogens is 6. The standard InChI is InChI=1S/C9H6ClF5N2O2/c10-4-1-7(17(18)19)6(2-5(4)11)16-3-9(14,15)8(12)13/h1-2,8,16H,3H2. The predicted octanol–water partition coefficient (Wildman–Crippen LogP) is 3.70. The Bertz CT molecular complexity index is 498. The van der Waals surface area contributed by atoms with Crippen LogP contribution in [0.3, 0.4) is 0 Å². The maximum Gasteiger partial charge on any atom is 0.324 e. The van der Waals surface area contributed by atoms with Crippen LogP contribution >= 0.6 is 11.6 Å². The molecule has 0 amide bonds. The first-order chi connectivity index (χ1) is 8.65. The van der Waals surface area contributed by atoms with Crippen LogP contribution in [0, 0.1) is 15.9 Å². The second-order valence-electron chi connectivity index (χ2n) is 3.46. The molecule has 0 aromatic heterocycles. The van der Waals surface area contributed by atoms with Gasteiger partial charge in [-0.2, -0.15) is 8.78 Å². The van der Waals surface area contributed by atoms with Crippen LogP contribution in [0.2, 0.25) is 5.02 Å². The normalized spacial score (nSPS) is 11.7. The number of alkyl halides is 4. The fraction of sp³-hybridized carbons (Fsp3) is 0.333. The van der Waals surface area contributed by atoms with Crippen LogP contribution in [-0.2, 0) is 0 Å². The van der Waals surface area contributed by atoms with Crippen molar-refractivity contribution in [2.24, 2.45) is 0 Å². The Balaban J connectivity index is 3.01. The summed E-state index contributed by atoms with van der Waals surface area (Å²) in [4.78, 5) is 9.59. The van der Waals surface area contributed by atoms with Gasteiger partial charge in [-0.3, -0.25) is 10.1 Å². The first-order valence-corrected chi connectivity index (χ1v) is 5.06. The van der Waals surface area contributed by atoms with E-state index in [-0.39, 0.29) is 0 Å². The number of nitrogens with one attached hydrogen (secondary N) is 1. The second-order valence-corrected chi connectivity index (χ2v) is 3.86. The first kappa shape index (κ1) is 15.4. The molecular formula is C9H6ClF5N2O2. The van der Waals surface area contributed by atoms with Gasteiger partial charge < -0.3 is 5.32 Å². The summed E-state index contributed by atoms with van der Waals surface area (Å²) in [6.45, 7) is -1.58. The number of nitro groups is 1. The quantitative estimate of drug-likeness (QED) is 0.512. The van der Waals surface area contributed by atoms with Gasteiger partial charge >= 0.3 is 12.3 Å². The third kappa shape index (κ3) is 3.66. The molecule has 106 valence electrons. The van der Waals surface area contributed by atoms with Crippen molar-refractivity contribution in [1.82, 2.24) is 0 Å². The van der Waals surface area contributed by atoms with E-state index in [1.807, 2.05) is 0 Å². The highest BCUT2D eigenvalue weighted by Gasteiger charge is 2.40. The molecule has 19 heavy (non-hydrogen) atoms. The number of hydrogen-bond donors (Lipinski definition) is 1. The number of nitrogens with zero attached hydrogens (tertiary/aromatic N) is 1. The molecule has 0 aliphatic carbocycles. The average Bonchev–Trinajstić information content (AvgIpc) is 2.29. The Hall–Kier alpha value is -1.64. The highest BCUT2D eigenvalue weighted by molar-refractivity contribution is 6.31. The van der Waals surface area contributed by atoms with Gasteiger partial charge in [-0.1, -0.05) is 11.6 Å². The lowest BCUT2D eigenvalue weighted by atomic mass is 10.2. The van der Waals surface area contributed by atoms with Crippen molar-refractivity contribution in [1.29, 1.82) is 0 Å². The SMILES string of the molecule is O=[N+]([O-])c1cc(Cl)c(F)cc1NCC(F)(F)C(F)F. The van der Waals surface area contributed by atoms with Crippen molar-refractivity contribution in [3.63, 3.8) is 0 Å². The highest BCUT2D eigenvalue weighted by Crippen LogP contribution is 2.31. The molecule has 0 spiro atoms. The van der Waals surface area contributed by atoms with E-state index < -0.39 is 46.0 Å². The molecule has 0 bridgehead atoms. The highest BCUT2D eigenvalue weighted by atomic mass is 35.5. The third-order valence-electron chi connectivity index (χ3n) is 2.07. The van der Waals surface area contributed by atoms with Crippen LogP contribution in [-0.4, -0.2) is 23.8 Å². The largest absolute Gasteiger partial charge is 0.373 e. The van der Waals surface area contributed by atoms with Gasteiger partial charge in [-0.05, 0) is 0 Å². The zero-order valence-corrected chi connectivity index (χ0v) is 9.73. The molecule has 1 N–H and O–H groups in total. The van der Waals surface area contributed by atoms with Crippen LogP contribution in [0.15, 0.2) is 12.1 Å². The van der Waals surface area contributed by atoms with Crippen molar-refractivity contribution in [3.8, 4) is 0 Å². The summed E-state index contributed by atoms with van der Waals surface area (Å²) in [5, 5.41) is 11.7. The van der Waals surface area contributed by atoms with Crippen molar-refractivity contribution in [2.45, 2.75) is 12.3 Å². The first-order valence-electron chi connectivity index (χ1n) is 4.68. The fourth-order valence-corrected chi connectivity index (χ4v) is 1.28. The minimum absolute atomic E-state index is 0.488. The van der Waals surface area contributed by atoms with E-state index >= 15 is 0 Å². The lowest BCUT2D eigenvalue weighted by molar-refractivity contribution is -0.384. The summed E-state index contributed by atoms with van der Waals surface area (Å²) in [5.41, 5.74) is -1.45. The Kier molecular flexibility index (Phi) is 4.51. The Morgan fingerprint density at radius 3 is 2.47 bits per heavy atom. The Morgan fingerprint density at radius 1 is 1.42 bits per heavy atom. The van der Waals surface area contributed by atoms with E-state index in [4.69, 9.17) is 11.6 Å². The molecular weight excluding hydrogens is 299 g/mol. The maximum absolute atomic E-state index is 13.1. The van der Waals surface area contributed by atoms with Crippen molar-refractivity contribution in [3.05, 3.63) is 33.1 Å². The molecule has 0 heterocycles. The van der Waals surface area contributed by atoms with Gasteiger partial charge in [-0.15, -0.1) is 0 Å². The van der Waals surface area contributed by atoms with Gasteiger partial charge in [-0.25, -0.2) is 13.2 Å². The summed E-state index contributed by atoms with van der Waals surface area (Å²) in [7, 11) is 0. The van der Waals surface area contributed by atoms with Gasteiger partial charge in [0.25, 0.3) is 5.69 Å². The summed E-state index contributed by atoms with van der Waals surface area (Å²) in [6, 6.07) is 1.09. The molecule has 0 radical (unpaired) electrons. The predicted molar refractivity (Wildman–Crippen MR) is 57.5 cm³/mol. The molecule has 4 nitrogen and oxygen atoms in total. The number of hydrogen-bond acceptors (Lipinski definition) is 3. The van der Waals surface area contributed by atoms with Gasteiger partial charge in [0.2, 0.25) is 0 Å². The zero-order chi connectivity index (χ0) is 14.8. The van der Waals surface area contributed by atoms with E-state index in [9.17, 15) is 32.1 Å². The maximum atomic E-state index is 13.1. The third-order valence-corrected chi connectivity index (χ3v) is 2.36. The molecule has 1 rings (SSSR count). The molecule has 0 unspecified atom stereocenters. The van der Waals surface area contributed by atoms with Crippen LogP contribution in [0.4, 0.5) is 33.3 Å². The van der Waals surface area contributed by atoms with Crippen molar-refractivity contribution >= 4 is 23.0 Å². The smallest absolute Gasteiger partial charge is 0.324 e.